The summed E-state index contributed by atoms with van der Waals surface area (Å²) in [6.45, 7) is 7.70. The van der Waals surface area contributed by atoms with Gasteiger partial charge in [-0.25, -0.2) is 4.98 Å². The third-order valence-corrected chi connectivity index (χ3v) is 6.62. The van der Waals surface area contributed by atoms with Crippen LogP contribution in [-0.4, -0.2) is 66.4 Å². The van der Waals surface area contributed by atoms with Crippen molar-refractivity contribution in [2.75, 3.05) is 57.5 Å². The smallest absolute Gasteiger partial charge is 0.229 e. The van der Waals surface area contributed by atoms with Crippen LogP contribution in [0.15, 0.2) is 18.3 Å². The van der Waals surface area contributed by atoms with Gasteiger partial charge in [-0.05, 0) is 48.8 Å². The van der Waals surface area contributed by atoms with E-state index in [1.54, 1.807) is 7.11 Å². The molecular formula is C24H37ClN6O2. The topological polar surface area (TPSA) is 109 Å². The van der Waals surface area contributed by atoms with Crippen LogP contribution in [-0.2, 0) is 12.8 Å². The molecule has 1 aromatic carbocycles. The number of methoxy groups -OCH3 is 1. The van der Waals surface area contributed by atoms with E-state index in [4.69, 9.17) is 27.2 Å². The van der Waals surface area contributed by atoms with Crippen molar-refractivity contribution in [3.05, 3.63) is 34.5 Å². The molecule has 4 rings (SSSR count). The second kappa shape index (κ2) is 12.9. The zero-order valence-electron chi connectivity index (χ0n) is 19.7. The number of fused-ring (bicyclic) bond motifs is 1. The van der Waals surface area contributed by atoms with E-state index < -0.39 is 0 Å². The molecule has 1 atom stereocenters. The second-order valence-electron chi connectivity index (χ2n) is 8.52. The Kier molecular flexibility index (Phi) is 9.99. The van der Waals surface area contributed by atoms with Gasteiger partial charge in [0.1, 0.15) is 16.6 Å². The summed E-state index contributed by atoms with van der Waals surface area (Å²) >= 11 is 5.88. The Morgan fingerprint density at radius 3 is 2.79 bits per heavy atom. The number of aliphatic hydroxyl groups excluding tert-OH is 1. The molecule has 5 N–H and O–H groups in total. The molecule has 182 valence electrons. The lowest BCUT2D eigenvalue weighted by molar-refractivity contribution is 0.180. The van der Waals surface area contributed by atoms with Gasteiger partial charge in [0.25, 0.3) is 0 Å². The Morgan fingerprint density at radius 1 is 1.33 bits per heavy atom. The molecule has 0 spiro atoms. The van der Waals surface area contributed by atoms with Crippen LogP contribution in [0.5, 0.6) is 5.75 Å². The Morgan fingerprint density at radius 2 is 2.12 bits per heavy atom. The van der Waals surface area contributed by atoms with Crippen molar-refractivity contribution >= 4 is 29.1 Å². The molecule has 1 aromatic heterocycles. The van der Waals surface area contributed by atoms with E-state index in [9.17, 15) is 0 Å². The number of anilines is 3. The third-order valence-electron chi connectivity index (χ3n) is 6.33. The summed E-state index contributed by atoms with van der Waals surface area (Å²) in [6.07, 6.45) is 7.33. The maximum Gasteiger partial charge on any atom is 0.229 e. The van der Waals surface area contributed by atoms with Crippen molar-refractivity contribution in [1.82, 2.24) is 20.2 Å². The van der Waals surface area contributed by atoms with E-state index in [2.05, 4.69) is 38.5 Å². The first-order chi connectivity index (χ1) is 16.0. The molecule has 1 aliphatic carbocycles. The minimum absolute atomic E-state index is 0.258. The lowest BCUT2D eigenvalue weighted by Gasteiger charge is -2.25. The molecule has 1 aliphatic heterocycles. The van der Waals surface area contributed by atoms with Crippen LogP contribution in [0.25, 0.3) is 0 Å². The average Bonchev–Trinajstić information content (AvgIpc) is 3.05. The number of hydrogen-bond acceptors (Lipinski definition) is 8. The molecule has 9 heteroatoms. The molecule has 2 aromatic rings. The lowest BCUT2D eigenvalue weighted by Crippen LogP contribution is -2.44. The predicted octanol–water partition coefficient (Wildman–Crippen LogP) is 3.25. The predicted molar refractivity (Wildman–Crippen MR) is 135 cm³/mol. The summed E-state index contributed by atoms with van der Waals surface area (Å²) in [5.74, 6) is 2.31. The van der Waals surface area contributed by atoms with Crippen molar-refractivity contribution in [1.29, 1.82) is 0 Å². The SMILES string of the molecule is CCC1CCCc2c(ccc(Nc3ncc(Cl)c(N)n3)c2OC)C1.OCCN1CCNCC1. The van der Waals surface area contributed by atoms with Gasteiger partial charge in [-0.3, -0.25) is 4.90 Å². The zero-order chi connectivity index (χ0) is 23.6. The van der Waals surface area contributed by atoms with E-state index >= 15 is 0 Å². The number of ether oxygens (including phenoxy) is 1. The van der Waals surface area contributed by atoms with Gasteiger partial charge in [0.15, 0.2) is 0 Å². The molecule has 2 aliphatic rings. The number of benzene rings is 1. The van der Waals surface area contributed by atoms with Crippen molar-refractivity contribution in [3.63, 3.8) is 0 Å². The van der Waals surface area contributed by atoms with Crippen molar-refractivity contribution < 1.29 is 9.84 Å². The van der Waals surface area contributed by atoms with E-state index in [-0.39, 0.29) is 5.82 Å². The quantitative estimate of drug-likeness (QED) is 0.470. The molecule has 33 heavy (non-hydrogen) atoms. The minimum Gasteiger partial charge on any atom is -0.494 e. The summed E-state index contributed by atoms with van der Waals surface area (Å²) in [6, 6.07) is 4.22. The highest BCUT2D eigenvalue weighted by Gasteiger charge is 2.21. The summed E-state index contributed by atoms with van der Waals surface area (Å²) < 4.78 is 5.72. The number of nitrogens with one attached hydrogen (secondary N) is 2. The van der Waals surface area contributed by atoms with Crippen molar-refractivity contribution in [3.8, 4) is 5.75 Å². The highest BCUT2D eigenvalue weighted by atomic mass is 35.5. The fourth-order valence-corrected chi connectivity index (χ4v) is 4.52. The first kappa shape index (κ1) is 25.5. The number of halogens is 1. The van der Waals surface area contributed by atoms with Crippen LogP contribution in [0, 0.1) is 5.92 Å². The number of rotatable bonds is 6. The van der Waals surface area contributed by atoms with Gasteiger partial charge < -0.3 is 26.2 Å². The van der Waals surface area contributed by atoms with E-state index in [0.29, 0.717) is 17.6 Å². The van der Waals surface area contributed by atoms with Crippen LogP contribution in [0.4, 0.5) is 17.5 Å². The molecule has 1 unspecified atom stereocenters. The first-order valence-corrected chi connectivity index (χ1v) is 12.2. The number of nitrogen functional groups attached to an aromatic ring is 1. The summed E-state index contributed by atoms with van der Waals surface area (Å²) in [4.78, 5) is 10.6. The van der Waals surface area contributed by atoms with Crippen LogP contribution in [0.3, 0.4) is 0 Å². The lowest BCUT2D eigenvalue weighted by atomic mass is 9.94. The van der Waals surface area contributed by atoms with Crippen molar-refractivity contribution in [2.45, 2.75) is 39.0 Å². The third kappa shape index (κ3) is 7.17. The molecule has 0 amide bonds. The normalized spacial score (nSPS) is 18.5. The van der Waals surface area contributed by atoms with Crippen LogP contribution in [0.2, 0.25) is 5.02 Å². The minimum atomic E-state index is 0.258. The Hall–Kier alpha value is -2.13. The van der Waals surface area contributed by atoms with E-state index in [0.717, 1.165) is 62.9 Å². The number of nitrogens with two attached hydrogens (primary N) is 1. The van der Waals surface area contributed by atoms with Gasteiger partial charge in [-0.1, -0.05) is 31.0 Å². The number of aliphatic hydroxyl groups is 1. The average molecular weight is 477 g/mol. The zero-order valence-corrected chi connectivity index (χ0v) is 20.5. The summed E-state index contributed by atoms with van der Waals surface area (Å²) in [7, 11) is 1.71. The molecule has 2 heterocycles. The maximum atomic E-state index is 8.56. The van der Waals surface area contributed by atoms with Crippen molar-refractivity contribution in [2.24, 2.45) is 5.92 Å². The summed E-state index contributed by atoms with van der Waals surface area (Å²) in [5, 5.41) is 15.4. The monoisotopic (exact) mass is 476 g/mol. The second-order valence-corrected chi connectivity index (χ2v) is 8.93. The molecule has 1 fully saturated rings. The van der Waals surface area contributed by atoms with E-state index in [1.807, 2.05) is 6.07 Å². The highest BCUT2D eigenvalue weighted by molar-refractivity contribution is 6.32. The highest BCUT2D eigenvalue weighted by Crippen LogP contribution is 2.38. The molecule has 8 nitrogen and oxygen atoms in total. The van der Waals surface area contributed by atoms with Crippen LogP contribution < -0.4 is 21.1 Å². The van der Waals surface area contributed by atoms with Gasteiger partial charge in [0.2, 0.25) is 5.95 Å². The molecule has 0 bridgehead atoms. The molecule has 0 radical (unpaired) electrons. The number of aromatic nitrogens is 2. The molecule has 0 saturated carbocycles. The fourth-order valence-electron chi connectivity index (χ4n) is 4.43. The molecule has 1 saturated heterocycles. The standard InChI is InChI=1S/C18H23ClN4O.C6H14N2O/c1-3-11-5-4-6-13-12(9-11)7-8-15(16(13)24-2)22-18-21-10-14(19)17(20)23-18;9-6-5-8-3-1-7-2-4-8/h7-8,10-11H,3-6,9H2,1-2H3,(H3,20,21,22,23);7,9H,1-6H2. The Bertz CT molecular complexity index is 889. The van der Waals surface area contributed by atoms with Gasteiger partial charge in [-0.2, -0.15) is 4.98 Å². The first-order valence-electron chi connectivity index (χ1n) is 11.8. The Balaban J connectivity index is 0.000000286. The maximum absolute atomic E-state index is 8.56. The van der Waals surface area contributed by atoms with E-state index in [1.165, 1.54) is 36.6 Å². The van der Waals surface area contributed by atoms with Gasteiger partial charge >= 0.3 is 0 Å². The van der Waals surface area contributed by atoms with Gasteiger partial charge in [-0.15, -0.1) is 0 Å². The van der Waals surface area contributed by atoms with Gasteiger partial charge in [0.05, 0.1) is 25.6 Å². The number of hydrogen-bond donors (Lipinski definition) is 4. The number of nitrogens with zero attached hydrogens (tertiary/aromatic N) is 3. The largest absolute Gasteiger partial charge is 0.494 e. The molecular weight excluding hydrogens is 440 g/mol. The fraction of sp³-hybridized carbons (Fsp3) is 0.583. The number of β-amino-alcohol motifs (C(OH)–C–C–N with tert-alkyl or cyclic N) is 1. The summed E-state index contributed by atoms with van der Waals surface area (Å²) in [5.41, 5.74) is 9.29. The number of piperazine rings is 1. The van der Waals surface area contributed by atoms with Crippen LogP contribution in [0.1, 0.15) is 37.3 Å². The Labute approximate surface area is 201 Å². The van der Waals surface area contributed by atoms with Gasteiger partial charge in [0, 0.05) is 32.7 Å². The van der Waals surface area contributed by atoms with Crippen LogP contribution >= 0.6 is 11.6 Å².